The lowest BCUT2D eigenvalue weighted by Crippen LogP contribution is -2.46. The molecule has 0 radical (unpaired) electrons. The van der Waals surface area contributed by atoms with Gasteiger partial charge in [-0.2, -0.15) is 0 Å². The van der Waals surface area contributed by atoms with Crippen molar-refractivity contribution in [3.63, 3.8) is 0 Å². The van der Waals surface area contributed by atoms with E-state index in [1.807, 2.05) is 17.6 Å². The summed E-state index contributed by atoms with van der Waals surface area (Å²) in [5.74, 6) is 0. The molecule has 1 aromatic heterocycles. The largest absolute Gasteiger partial charge is 0.392 e. The van der Waals surface area contributed by atoms with Gasteiger partial charge in [0.1, 0.15) is 0 Å². The van der Waals surface area contributed by atoms with Gasteiger partial charge in [-0.05, 0) is 30.2 Å². The number of aliphatic hydroxyl groups is 1. The number of aromatic nitrogens is 1. The quantitative estimate of drug-likeness (QED) is 0.941. The molecule has 0 bridgehead atoms. The standard InChI is InChI=1S/C15H19N3OS/c1-12-10-14(3-2-13(12)11-19)17-5-7-18(8-6-17)15-16-4-9-20-15/h2-4,9-10,19H,5-8,11H2,1H3. The third-order valence-electron chi connectivity index (χ3n) is 3.83. The minimum Gasteiger partial charge on any atom is -0.392 e. The Morgan fingerprint density at radius 2 is 1.95 bits per heavy atom. The Hall–Kier alpha value is -1.59. The number of anilines is 2. The Morgan fingerprint density at radius 3 is 2.55 bits per heavy atom. The minimum atomic E-state index is 0.115. The molecule has 106 valence electrons. The molecular weight excluding hydrogens is 270 g/mol. The van der Waals surface area contributed by atoms with Gasteiger partial charge in [0.05, 0.1) is 6.61 Å². The van der Waals surface area contributed by atoms with E-state index in [1.165, 1.54) is 5.69 Å². The fourth-order valence-electron chi connectivity index (χ4n) is 2.58. The first-order valence-corrected chi connectivity index (χ1v) is 7.75. The maximum Gasteiger partial charge on any atom is 0.185 e. The van der Waals surface area contributed by atoms with E-state index in [0.717, 1.165) is 42.4 Å². The smallest absolute Gasteiger partial charge is 0.185 e. The average molecular weight is 289 g/mol. The molecule has 1 saturated heterocycles. The van der Waals surface area contributed by atoms with E-state index in [4.69, 9.17) is 0 Å². The highest BCUT2D eigenvalue weighted by atomic mass is 32.1. The van der Waals surface area contributed by atoms with Gasteiger partial charge in [0.2, 0.25) is 0 Å². The monoisotopic (exact) mass is 289 g/mol. The molecule has 1 N–H and O–H groups in total. The summed E-state index contributed by atoms with van der Waals surface area (Å²) in [5.41, 5.74) is 3.42. The first-order chi connectivity index (χ1) is 9.78. The number of aryl methyl sites for hydroxylation is 1. The van der Waals surface area contributed by atoms with Crippen LogP contribution in [0.3, 0.4) is 0 Å². The van der Waals surface area contributed by atoms with E-state index >= 15 is 0 Å². The molecule has 1 fully saturated rings. The van der Waals surface area contributed by atoms with Gasteiger partial charge in [-0.15, -0.1) is 11.3 Å². The molecule has 2 aromatic rings. The lowest BCUT2D eigenvalue weighted by molar-refractivity contribution is 0.281. The first kappa shape index (κ1) is 13.4. The van der Waals surface area contributed by atoms with Crippen LogP contribution in [0.25, 0.3) is 0 Å². The molecule has 0 aliphatic carbocycles. The van der Waals surface area contributed by atoms with Crippen LogP contribution >= 0.6 is 11.3 Å². The van der Waals surface area contributed by atoms with Crippen molar-refractivity contribution in [2.75, 3.05) is 36.0 Å². The zero-order chi connectivity index (χ0) is 13.9. The highest BCUT2D eigenvalue weighted by Crippen LogP contribution is 2.23. The number of piperazine rings is 1. The van der Waals surface area contributed by atoms with Gasteiger partial charge in [0, 0.05) is 43.4 Å². The highest BCUT2D eigenvalue weighted by molar-refractivity contribution is 7.13. The van der Waals surface area contributed by atoms with Crippen LogP contribution in [0.5, 0.6) is 0 Å². The third kappa shape index (κ3) is 2.64. The predicted octanol–water partition coefficient (Wildman–Crippen LogP) is 2.27. The van der Waals surface area contributed by atoms with Crippen LogP contribution in [0.15, 0.2) is 29.8 Å². The highest BCUT2D eigenvalue weighted by Gasteiger charge is 2.19. The molecule has 1 aromatic carbocycles. The number of hydrogen-bond acceptors (Lipinski definition) is 5. The van der Waals surface area contributed by atoms with Crippen molar-refractivity contribution < 1.29 is 5.11 Å². The zero-order valence-corrected chi connectivity index (χ0v) is 12.4. The van der Waals surface area contributed by atoms with Crippen molar-refractivity contribution in [1.29, 1.82) is 0 Å². The molecule has 1 aliphatic heterocycles. The topological polar surface area (TPSA) is 39.6 Å². The van der Waals surface area contributed by atoms with Crippen LogP contribution in [0.4, 0.5) is 10.8 Å². The molecule has 4 nitrogen and oxygen atoms in total. The summed E-state index contributed by atoms with van der Waals surface area (Å²) in [5, 5.41) is 12.4. The molecule has 0 unspecified atom stereocenters. The van der Waals surface area contributed by atoms with Crippen LogP contribution in [0, 0.1) is 6.92 Å². The fourth-order valence-corrected chi connectivity index (χ4v) is 3.28. The molecule has 0 atom stereocenters. The van der Waals surface area contributed by atoms with Crippen molar-refractivity contribution in [2.45, 2.75) is 13.5 Å². The van der Waals surface area contributed by atoms with Gasteiger partial charge in [0.25, 0.3) is 0 Å². The number of aliphatic hydroxyl groups excluding tert-OH is 1. The van der Waals surface area contributed by atoms with E-state index in [-0.39, 0.29) is 6.61 Å². The third-order valence-corrected chi connectivity index (χ3v) is 4.66. The van der Waals surface area contributed by atoms with Gasteiger partial charge in [-0.25, -0.2) is 4.98 Å². The molecule has 5 heteroatoms. The number of rotatable bonds is 3. The molecule has 0 saturated carbocycles. The minimum absolute atomic E-state index is 0.115. The summed E-state index contributed by atoms with van der Waals surface area (Å²) in [6, 6.07) is 6.31. The summed E-state index contributed by atoms with van der Waals surface area (Å²) in [6.45, 7) is 6.21. The molecular formula is C15H19N3OS. The van der Waals surface area contributed by atoms with Crippen LogP contribution in [0.1, 0.15) is 11.1 Å². The Labute approximate surface area is 123 Å². The van der Waals surface area contributed by atoms with Crippen molar-refractivity contribution in [2.24, 2.45) is 0 Å². The maximum absolute atomic E-state index is 9.23. The summed E-state index contributed by atoms with van der Waals surface area (Å²) < 4.78 is 0. The molecule has 0 amide bonds. The fraction of sp³-hybridized carbons (Fsp3) is 0.400. The maximum atomic E-state index is 9.23. The summed E-state index contributed by atoms with van der Waals surface area (Å²) in [4.78, 5) is 9.12. The SMILES string of the molecule is Cc1cc(N2CCN(c3nccs3)CC2)ccc1CO. The molecule has 3 rings (SSSR count). The van der Waals surface area contributed by atoms with Gasteiger partial charge in [0.15, 0.2) is 5.13 Å². The van der Waals surface area contributed by atoms with Crippen LogP contribution in [-0.2, 0) is 6.61 Å². The lowest BCUT2D eigenvalue weighted by atomic mass is 10.1. The normalized spacial score (nSPS) is 15.7. The van der Waals surface area contributed by atoms with E-state index in [2.05, 4.69) is 33.8 Å². The zero-order valence-electron chi connectivity index (χ0n) is 11.6. The van der Waals surface area contributed by atoms with Crippen molar-refractivity contribution in [1.82, 2.24) is 4.98 Å². The van der Waals surface area contributed by atoms with Crippen molar-refractivity contribution >= 4 is 22.2 Å². The Bertz CT molecular complexity index is 563. The van der Waals surface area contributed by atoms with E-state index in [0.29, 0.717) is 0 Å². The molecule has 0 spiro atoms. The Balaban J connectivity index is 1.67. The average Bonchev–Trinajstić information content (AvgIpc) is 3.01. The Kier molecular flexibility index (Phi) is 3.89. The second-order valence-electron chi connectivity index (χ2n) is 5.06. The summed E-state index contributed by atoms with van der Waals surface area (Å²) in [6.07, 6.45) is 1.86. The second kappa shape index (κ2) is 5.81. The van der Waals surface area contributed by atoms with Crippen LogP contribution in [0.2, 0.25) is 0 Å². The van der Waals surface area contributed by atoms with Crippen molar-refractivity contribution in [3.8, 4) is 0 Å². The van der Waals surface area contributed by atoms with E-state index in [9.17, 15) is 5.11 Å². The van der Waals surface area contributed by atoms with E-state index in [1.54, 1.807) is 11.3 Å². The van der Waals surface area contributed by atoms with Crippen molar-refractivity contribution in [3.05, 3.63) is 40.9 Å². The molecule has 2 heterocycles. The first-order valence-electron chi connectivity index (χ1n) is 6.87. The number of thiazole rings is 1. The number of hydrogen-bond donors (Lipinski definition) is 1. The summed E-state index contributed by atoms with van der Waals surface area (Å²) in [7, 11) is 0. The molecule has 20 heavy (non-hydrogen) atoms. The van der Waals surface area contributed by atoms with Gasteiger partial charge >= 0.3 is 0 Å². The number of benzene rings is 1. The number of nitrogens with zero attached hydrogens (tertiary/aromatic N) is 3. The Morgan fingerprint density at radius 1 is 1.20 bits per heavy atom. The predicted molar refractivity (Wildman–Crippen MR) is 83.6 cm³/mol. The lowest BCUT2D eigenvalue weighted by Gasteiger charge is -2.36. The van der Waals surface area contributed by atoms with Gasteiger partial charge < -0.3 is 14.9 Å². The van der Waals surface area contributed by atoms with Gasteiger partial charge in [-0.1, -0.05) is 6.07 Å². The van der Waals surface area contributed by atoms with Gasteiger partial charge in [-0.3, -0.25) is 0 Å². The van der Waals surface area contributed by atoms with Crippen LogP contribution < -0.4 is 9.80 Å². The summed E-state index contributed by atoms with van der Waals surface area (Å²) >= 11 is 1.70. The van der Waals surface area contributed by atoms with Crippen LogP contribution in [-0.4, -0.2) is 36.3 Å². The second-order valence-corrected chi connectivity index (χ2v) is 5.93. The van der Waals surface area contributed by atoms with E-state index < -0.39 is 0 Å². The molecule has 1 aliphatic rings.